The molecule has 0 aliphatic carbocycles. The van der Waals surface area contributed by atoms with E-state index in [4.69, 9.17) is 4.74 Å². The molecule has 0 spiro atoms. The molecule has 1 aromatic heterocycles. The first-order chi connectivity index (χ1) is 10.2. The fraction of sp³-hybridized carbons (Fsp3) is 0.400. The average Bonchev–Trinajstić information content (AvgIpc) is 2.76. The lowest BCUT2D eigenvalue weighted by molar-refractivity contribution is 0.411. The second-order valence-electron chi connectivity index (χ2n) is 5.15. The lowest BCUT2D eigenvalue weighted by Crippen LogP contribution is -2.24. The molecule has 0 radical (unpaired) electrons. The van der Waals surface area contributed by atoms with Crippen LogP contribution in [-0.2, 0) is 16.6 Å². The fourth-order valence-corrected chi connectivity index (χ4v) is 4.52. The van der Waals surface area contributed by atoms with Crippen LogP contribution in [-0.4, -0.2) is 20.5 Å². The molecule has 1 N–H and O–H groups in total. The lowest BCUT2D eigenvalue weighted by atomic mass is 10.1. The minimum atomic E-state index is -3.57. The summed E-state index contributed by atoms with van der Waals surface area (Å²) < 4.78 is 32.9. The number of benzene rings is 1. The summed E-state index contributed by atoms with van der Waals surface area (Å²) in [5.41, 5.74) is 2.32. The quantitative estimate of drug-likeness (QED) is 0.909. The molecular formula is C15H20N2O3S2. The van der Waals surface area contributed by atoms with Crippen LogP contribution in [0, 0.1) is 27.7 Å². The third-order valence-electron chi connectivity index (χ3n) is 3.40. The molecule has 0 fully saturated rings. The Morgan fingerprint density at radius 2 is 1.86 bits per heavy atom. The van der Waals surface area contributed by atoms with Crippen molar-refractivity contribution in [1.29, 1.82) is 0 Å². The fourth-order valence-electron chi connectivity index (χ4n) is 2.25. The van der Waals surface area contributed by atoms with Crippen molar-refractivity contribution in [1.82, 2.24) is 9.71 Å². The SMILES string of the molecule is COc1cc(C)c(S(=O)(=O)NCc2sc(C)nc2C)cc1C. The largest absolute Gasteiger partial charge is 0.496 e. The number of sulfonamides is 1. The Hall–Kier alpha value is -1.44. The minimum absolute atomic E-state index is 0.254. The van der Waals surface area contributed by atoms with Crippen molar-refractivity contribution >= 4 is 21.4 Å². The van der Waals surface area contributed by atoms with Crippen LogP contribution >= 0.6 is 11.3 Å². The van der Waals surface area contributed by atoms with E-state index < -0.39 is 10.0 Å². The van der Waals surface area contributed by atoms with Gasteiger partial charge in [0.1, 0.15) is 5.75 Å². The Bertz CT molecular complexity index is 795. The van der Waals surface area contributed by atoms with Crippen molar-refractivity contribution in [3.05, 3.63) is 38.8 Å². The number of hydrogen-bond acceptors (Lipinski definition) is 5. The standard InChI is InChI=1S/C15H20N2O3S2/c1-9-7-15(10(2)6-13(9)20-5)22(18,19)16-8-14-11(3)17-12(4)21-14/h6-7,16H,8H2,1-5H3. The minimum Gasteiger partial charge on any atom is -0.496 e. The number of hydrogen-bond donors (Lipinski definition) is 1. The van der Waals surface area contributed by atoms with Gasteiger partial charge in [-0.05, 0) is 51.0 Å². The summed E-state index contributed by atoms with van der Waals surface area (Å²) in [6.45, 7) is 7.64. The van der Waals surface area contributed by atoms with Crippen molar-refractivity contribution < 1.29 is 13.2 Å². The second-order valence-corrected chi connectivity index (χ2v) is 8.18. The van der Waals surface area contributed by atoms with Gasteiger partial charge in [0, 0.05) is 11.4 Å². The number of aryl methyl sites for hydroxylation is 4. The molecule has 5 nitrogen and oxygen atoms in total. The van der Waals surface area contributed by atoms with Crippen molar-refractivity contribution in [2.75, 3.05) is 7.11 Å². The van der Waals surface area contributed by atoms with E-state index in [-0.39, 0.29) is 11.4 Å². The highest BCUT2D eigenvalue weighted by molar-refractivity contribution is 7.89. The van der Waals surface area contributed by atoms with E-state index in [2.05, 4.69) is 9.71 Å². The maximum absolute atomic E-state index is 12.5. The van der Waals surface area contributed by atoms with Gasteiger partial charge in [0.05, 0.1) is 22.7 Å². The van der Waals surface area contributed by atoms with Crippen LogP contribution in [0.15, 0.2) is 17.0 Å². The molecule has 0 saturated carbocycles. The van der Waals surface area contributed by atoms with Gasteiger partial charge in [-0.15, -0.1) is 11.3 Å². The van der Waals surface area contributed by atoms with Crippen LogP contribution in [0.3, 0.4) is 0 Å². The Labute approximate surface area is 135 Å². The van der Waals surface area contributed by atoms with Gasteiger partial charge in [-0.2, -0.15) is 0 Å². The van der Waals surface area contributed by atoms with Gasteiger partial charge >= 0.3 is 0 Å². The lowest BCUT2D eigenvalue weighted by Gasteiger charge is -2.12. The summed E-state index contributed by atoms with van der Waals surface area (Å²) in [5.74, 6) is 0.686. The third kappa shape index (κ3) is 3.48. The molecular weight excluding hydrogens is 320 g/mol. The van der Waals surface area contributed by atoms with E-state index in [1.165, 1.54) is 11.3 Å². The summed E-state index contributed by atoms with van der Waals surface area (Å²) in [6.07, 6.45) is 0. The molecule has 120 valence electrons. The smallest absolute Gasteiger partial charge is 0.241 e. The number of nitrogens with zero attached hydrogens (tertiary/aromatic N) is 1. The maximum Gasteiger partial charge on any atom is 0.241 e. The monoisotopic (exact) mass is 340 g/mol. The molecule has 0 amide bonds. The Morgan fingerprint density at radius 3 is 2.41 bits per heavy atom. The van der Waals surface area contributed by atoms with Crippen LogP contribution in [0.25, 0.3) is 0 Å². The highest BCUT2D eigenvalue weighted by atomic mass is 32.2. The Kier molecular flexibility index (Phi) is 4.89. The van der Waals surface area contributed by atoms with Gasteiger partial charge < -0.3 is 4.74 Å². The van der Waals surface area contributed by atoms with Gasteiger partial charge in [0.15, 0.2) is 0 Å². The first-order valence-corrected chi connectivity index (χ1v) is 9.12. The van der Waals surface area contributed by atoms with Crippen LogP contribution in [0.1, 0.15) is 26.7 Å². The van der Waals surface area contributed by atoms with Crippen molar-refractivity contribution in [2.24, 2.45) is 0 Å². The molecule has 0 atom stereocenters. The Balaban J connectivity index is 2.27. The Morgan fingerprint density at radius 1 is 1.18 bits per heavy atom. The molecule has 0 aliphatic rings. The summed E-state index contributed by atoms with van der Waals surface area (Å²) in [5, 5.41) is 0.933. The van der Waals surface area contributed by atoms with Crippen LogP contribution in [0.2, 0.25) is 0 Å². The average molecular weight is 340 g/mol. The van der Waals surface area contributed by atoms with Crippen molar-refractivity contribution in [2.45, 2.75) is 39.1 Å². The zero-order valence-corrected chi connectivity index (χ0v) is 15.0. The topological polar surface area (TPSA) is 68.3 Å². The first-order valence-electron chi connectivity index (χ1n) is 6.82. The number of ether oxygens (including phenoxy) is 1. The summed E-state index contributed by atoms with van der Waals surface area (Å²) in [4.78, 5) is 5.52. The van der Waals surface area contributed by atoms with Crippen molar-refractivity contribution in [3.63, 3.8) is 0 Å². The second kappa shape index (κ2) is 6.36. The van der Waals surface area contributed by atoms with Gasteiger partial charge in [0.25, 0.3) is 0 Å². The zero-order valence-electron chi connectivity index (χ0n) is 13.4. The van der Waals surface area contributed by atoms with E-state index in [0.29, 0.717) is 11.3 Å². The molecule has 0 aliphatic heterocycles. The van der Waals surface area contributed by atoms with Gasteiger partial charge in [-0.25, -0.2) is 18.1 Å². The van der Waals surface area contributed by atoms with Gasteiger partial charge in [-0.3, -0.25) is 0 Å². The molecule has 22 heavy (non-hydrogen) atoms. The van der Waals surface area contributed by atoms with E-state index in [1.54, 1.807) is 26.2 Å². The molecule has 0 unspecified atom stereocenters. The zero-order chi connectivity index (χ0) is 16.5. The van der Waals surface area contributed by atoms with Crippen LogP contribution in [0.5, 0.6) is 5.75 Å². The van der Waals surface area contributed by atoms with Crippen molar-refractivity contribution in [3.8, 4) is 5.75 Å². The number of aromatic nitrogens is 1. The van der Waals surface area contributed by atoms with E-state index >= 15 is 0 Å². The summed E-state index contributed by atoms with van der Waals surface area (Å²) >= 11 is 1.51. The normalized spacial score (nSPS) is 11.7. The molecule has 2 aromatic rings. The number of nitrogens with one attached hydrogen (secondary N) is 1. The highest BCUT2D eigenvalue weighted by Gasteiger charge is 2.19. The third-order valence-corrected chi connectivity index (χ3v) is 6.02. The molecule has 0 saturated heterocycles. The molecule has 0 bridgehead atoms. The maximum atomic E-state index is 12.5. The number of rotatable bonds is 5. The van der Waals surface area contributed by atoms with Gasteiger partial charge in [-0.1, -0.05) is 0 Å². The number of thiazole rings is 1. The molecule has 7 heteroatoms. The van der Waals surface area contributed by atoms with Crippen LogP contribution < -0.4 is 9.46 Å². The molecule has 1 heterocycles. The van der Waals surface area contributed by atoms with Crippen LogP contribution in [0.4, 0.5) is 0 Å². The van der Waals surface area contributed by atoms with Gasteiger partial charge in [0.2, 0.25) is 10.0 Å². The van der Waals surface area contributed by atoms with E-state index in [1.807, 2.05) is 20.8 Å². The summed E-state index contributed by atoms with van der Waals surface area (Å²) in [7, 11) is -2.00. The molecule has 2 rings (SSSR count). The molecule has 1 aromatic carbocycles. The summed E-state index contributed by atoms with van der Waals surface area (Å²) in [6, 6.07) is 3.38. The highest BCUT2D eigenvalue weighted by Crippen LogP contribution is 2.26. The van der Waals surface area contributed by atoms with E-state index in [0.717, 1.165) is 21.1 Å². The predicted octanol–water partition coefficient (Wildman–Crippen LogP) is 2.86. The predicted molar refractivity (Wildman–Crippen MR) is 88.1 cm³/mol. The van der Waals surface area contributed by atoms with E-state index in [9.17, 15) is 8.42 Å². The number of methoxy groups -OCH3 is 1. The first kappa shape index (κ1) is 16.9.